The fourth-order valence-electron chi connectivity index (χ4n) is 1.78. The van der Waals surface area contributed by atoms with Crippen molar-refractivity contribution in [3.63, 3.8) is 0 Å². The summed E-state index contributed by atoms with van der Waals surface area (Å²) in [6.45, 7) is 2.41. The molecule has 0 radical (unpaired) electrons. The molecule has 0 aliphatic rings. The van der Waals surface area contributed by atoms with Gasteiger partial charge in [0.1, 0.15) is 12.4 Å². The molecule has 0 fully saturated rings. The van der Waals surface area contributed by atoms with Crippen LogP contribution in [0.25, 0.3) is 0 Å². The number of hydrogen-bond donors (Lipinski definition) is 0. The smallest absolute Gasteiger partial charge is 0.244 e. The fourth-order valence-corrected chi connectivity index (χ4v) is 5.32. The Morgan fingerprint density at radius 2 is 1.95 bits per heavy atom. The van der Waals surface area contributed by atoms with Gasteiger partial charge in [0.15, 0.2) is 0 Å². The number of sulfonamides is 1. The minimum Gasteiger partial charge on any atom is -0.492 e. The molecule has 21 heavy (non-hydrogen) atoms. The topological polar surface area (TPSA) is 46.6 Å². The highest BCUT2D eigenvalue weighted by molar-refractivity contribution is 9.11. The number of nitrogens with zero attached hydrogens (tertiary/aromatic N) is 1. The van der Waals surface area contributed by atoms with Crippen LogP contribution in [0.2, 0.25) is 0 Å². The van der Waals surface area contributed by atoms with Crippen LogP contribution in [0.1, 0.15) is 4.88 Å². The number of thiophene rings is 1. The van der Waals surface area contributed by atoms with Gasteiger partial charge in [0.25, 0.3) is 0 Å². The molecule has 0 amide bonds. The predicted octanol–water partition coefficient (Wildman–Crippen LogP) is 3.52. The molecule has 7 heteroatoms. The Labute approximate surface area is 137 Å². The van der Waals surface area contributed by atoms with Crippen molar-refractivity contribution in [2.45, 2.75) is 11.8 Å². The Kier molecular flexibility index (Phi) is 5.43. The van der Waals surface area contributed by atoms with E-state index in [0.717, 1.165) is 14.4 Å². The molecule has 0 spiro atoms. The summed E-state index contributed by atoms with van der Waals surface area (Å²) in [4.78, 5) is 1.12. The van der Waals surface area contributed by atoms with E-state index in [0.29, 0.717) is 18.0 Å². The molecule has 0 bridgehead atoms. The Bertz CT molecular complexity index is 698. The van der Waals surface area contributed by atoms with Crippen molar-refractivity contribution in [1.82, 2.24) is 4.31 Å². The van der Waals surface area contributed by atoms with Gasteiger partial charge in [-0.2, -0.15) is 4.31 Å². The van der Waals surface area contributed by atoms with Crippen LogP contribution in [0.15, 0.2) is 45.1 Å². The van der Waals surface area contributed by atoms with E-state index in [9.17, 15) is 8.42 Å². The van der Waals surface area contributed by atoms with Crippen molar-refractivity contribution < 1.29 is 13.2 Å². The van der Waals surface area contributed by atoms with Gasteiger partial charge in [-0.25, -0.2) is 8.42 Å². The quantitative estimate of drug-likeness (QED) is 0.758. The maximum atomic E-state index is 12.5. The maximum Gasteiger partial charge on any atom is 0.244 e. The van der Waals surface area contributed by atoms with Gasteiger partial charge in [-0.15, -0.1) is 11.3 Å². The van der Waals surface area contributed by atoms with E-state index >= 15 is 0 Å². The lowest BCUT2D eigenvalue weighted by Crippen LogP contribution is -2.31. The van der Waals surface area contributed by atoms with Gasteiger partial charge in [0, 0.05) is 18.5 Å². The van der Waals surface area contributed by atoms with Gasteiger partial charge in [0.2, 0.25) is 10.0 Å². The van der Waals surface area contributed by atoms with E-state index in [2.05, 4.69) is 15.9 Å². The molecule has 1 aromatic carbocycles. The number of ether oxygens (including phenoxy) is 1. The van der Waals surface area contributed by atoms with Crippen LogP contribution in [0.4, 0.5) is 0 Å². The first-order chi connectivity index (χ1) is 9.91. The van der Waals surface area contributed by atoms with Gasteiger partial charge >= 0.3 is 0 Å². The Hall–Kier alpha value is -0.890. The van der Waals surface area contributed by atoms with Crippen LogP contribution >= 0.6 is 27.3 Å². The van der Waals surface area contributed by atoms with Crippen LogP contribution in [0.5, 0.6) is 5.75 Å². The molecule has 0 saturated heterocycles. The molecular weight excluding hydrogens is 374 g/mol. The van der Waals surface area contributed by atoms with Crippen molar-refractivity contribution in [1.29, 1.82) is 0 Å². The molecule has 0 atom stereocenters. The van der Waals surface area contributed by atoms with Crippen LogP contribution in [0, 0.1) is 6.92 Å². The lowest BCUT2D eigenvalue weighted by Gasteiger charge is -2.17. The summed E-state index contributed by atoms with van der Waals surface area (Å²) in [7, 11) is -1.91. The van der Waals surface area contributed by atoms with Crippen molar-refractivity contribution >= 4 is 37.3 Å². The highest BCUT2D eigenvalue weighted by Gasteiger charge is 2.24. The molecule has 1 aromatic heterocycles. The predicted molar refractivity (Wildman–Crippen MR) is 88.5 cm³/mol. The first-order valence-corrected chi connectivity index (χ1v) is 9.36. The molecule has 0 aliphatic carbocycles. The molecule has 0 saturated carbocycles. The van der Waals surface area contributed by atoms with E-state index in [-0.39, 0.29) is 0 Å². The van der Waals surface area contributed by atoms with Gasteiger partial charge in [-0.3, -0.25) is 0 Å². The molecule has 2 aromatic rings. The summed E-state index contributed by atoms with van der Waals surface area (Å²) in [5.41, 5.74) is 0. The lowest BCUT2D eigenvalue weighted by molar-refractivity contribution is 0.287. The Morgan fingerprint density at radius 1 is 1.29 bits per heavy atom. The third-order valence-electron chi connectivity index (χ3n) is 2.95. The van der Waals surface area contributed by atoms with Crippen LogP contribution in [-0.2, 0) is 10.0 Å². The molecule has 1 heterocycles. The summed E-state index contributed by atoms with van der Waals surface area (Å²) >= 11 is 4.73. The minimum absolute atomic E-state index is 0.296. The molecule has 0 N–H and O–H groups in total. The highest BCUT2D eigenvalue weighted by Crippen LogP contribution is 2.31. The summed E-state index contributed by atoms with van der Waals surface area (Å²) in [5, 5.41) is 0. The molecular formula is C14H16BrNO3S2. The van der Waals surface area contributed by atoms with Gasteiger partial charge < -0.3 is 4.74 Å². The van der Waals surface area contributed by atoms with Crippen LogP contribution in [-0.4, -0.2) is 32.9 Å². The molecule has 2 rings (SSSR count). The molecule has 4 nitrogen and oxygen atoms in total. The van der Waals surface area contributed by atoms with E-state index < -0.39 is 10.0 Å². The van der Waals surface area contributed by atoms with Gasteiger partial charge in [-0.05, 0) is 41.1 Å². The second-order valence-corrected chi connectivity index (χ2v) is 9.11. The molecule has 0 aliphatic heterocycles. The van der Waals surface area contributed by atoms with Crippen molar-refractivity contribution in [3.05, 3.63) is 45.1 Å². The standard InChI is InChI=1S/C14H16BrNO3S2/c1-11-13(10-14(15)20-11)21(17,18)16(2)8-9-19-12-6-4-3-5-7-12/h3-7,10H,8-9H2,1-2H3. The lowest BCUT2D eigenvalue weighted by atomic mass is 10.3. The fraction of sp³-hybridized carbons (Fsp3) is 0.286. The summed E-state index contributed by atoms with van der Waals surface area (Å²) in [5.74, 6) is 0.734. The SMILES string of the molecule is Cc1sc(Br)cc1S(=O)(=O)N(C)CCOc1ccccc1. The number of benzene rings is 1. The monoisotopic (exact) mass is 389 g/mol. The zero-order chi connectivity index (χ0) is 15.5. The maximum absolute atomic E-state index is 12.5. The van der Waals surface area contributed by atoms with Gasteiger partial charge in [-0.1, -0.05) is 18.2 Å². The van der Waals surface area contributed by atoms with Crippen molar-refractivity contribution in [2.75, 3.05) is 20.2 Å². The first-order valence-electron chi connectivity index (χ1n) is 6.31. The average Bonchev–Trinajstić information content (AvgIpc) is 2.79. The number of hydrogen-bond acceptors (Lipinski definition) is 4. The largest absolute Gasteiger partial charge is 0.492 e. The van der Waals surface area contributed by atoms with Crippen molar-refractivity contribution in [3.8, 4) is 5.75 Å². The molecule has 114 valence electrons. The second kappa shape index (κ2) is 6.91. The van der Waals surface area contributed by atoms with E-state index in [1.165, 1.54) is 15.6 Å². The normalized spacial score (nSPS) is 11.8. The number of aryl methyl sites for hydroxylation is 1. The van der Waals surface area contributed by atoms with Gasteiger partial charge in [0.05, 0.1) is 8.68 Å². The van der Waals surface area contributed by atoms with E-state index in [4.69, 9.17) is 4.74 Å². The molecule has 0 unspecified atom stereocenters. The van der Waals surface area contributed by atoms with E-state index in [1.807, 2.05) is 30.3 Å². The number of likely N-dealkylation sites (N-methyl/N-ethyl adjacent to an activating group) is 1. The van der Waals surface area contributed by atoms with Crippen molar-refractivity contribution in [2.24, 2.45) is 0 Å². The third-order valence-corrected chi connectivity index (χ3v) is 6.61. The first kappa shape index (κ1) is 16.5. The number of para-hydroxylation sites is 1. The number of rotatable bonds is 6. The van der Waals surface area contributed by atoms with Crippen LogP contribution in [0.3, 0.4) is 0 Å². The Balaban J connectivity index is 1.99. The third kappa shape index (κ3) is 4.06. The zero-order valence-corrected chi connectivity index (χ0v) is 15.0. The number of halogens is 1. The zero-order valence-electron chi connectivity index (χ0n) is 11.7. The summed E-state index contributed by atoms with van der Waals surface area (Å²) in [6, 6.07) is 11.0. The summed E-state index contributed by atoms with van der Waals surface area (Å²) < 4.78 is 32.6. The van der Waals surface area contributed by atoms with Crippen LogP contribution < -0.4 is 4.74 Å². The minimum atomic E-state index is -3.47. The average molecular weight is 390 g/mol. The van der Waals surface area contributed by atoms with E-state index in [1.54, 1.807) is 20.0 Å². The summed E-state index contributed by atoms with van der Waals surface area (Å²) in [6.07, 6.45) is 0. The Morgan fingerprint density at radius 3 is 2.52 bits per heavy atom. The highest BCUT2D eigenvalue weighted by atomic mass is 79.9. The second-order valence-electron chi connectivity index (χ2n) is 4.46.